The summed E-state index contributed by atoms with van der Waals surface area (Å²) in [5, 5.41) is -0.216. The van der Waals surface area contributed by atoms with Gasteiger partial charge in [-0.2, -0.15) is 0 Å². The molecule has 3 rings (SSSR count). The average molecular weight is 504 g/mol. The first-order valence-electron chi connectivity index (χ1n) is 10.3. The summed E-state index contributed by atoms with van der Waals surface area (Å²) in [7, 11) is 0. The monoisotopic (exact) mass is 503 g/mol. The van der Waals surface area contributed by atoms with Crippen LogP contribution in [-0.2, 0) is 11.4 Å². The molecular weight excluding hydrogens is 478 g/mol. The van der Waals surface area contributed by atoms with Crippen LogP contribution in [-0.4, -0.2) is 29.2 Å². The van der Waals surface area contributed by atoms with Crippen molar-refractivity contribution in [1.82, 2.24) is 4.90 Å². The molecule has 0 aromatic heterocycles. The van der Waals surface area contributed by atoms with E-state index in [1.165, 1.54) is 10.5 Å². The fourth-order valence-electron chi connectivity index (χ4n) is 3.07. The van der Waals surface area contributed by atoms with E-state index >= 15 is 0 Å². The summed E-state index contributed by atoms with van der Waals surface area (Å²) < 4.78 is 12.6. The number of thioether (sulfide) groups is 1. The lowest BCUT2D eigenvalue weighted by molar-refractivity contribution is -0.122. The third-order valence-electron chi connectivity index (χ3n) is 4.74. The Morgan fingerprint density at radius 2 is 1.84 bits per heavy atom. The molecular formula is C24H26BrNO4S. The number of hydrogen-bond donors (Lipinski definition) is 0. The van der Waals surface area contributed by atoms with E-state index in [9.17, 15) is 9.59 Å². The molecule has 0 atom stereocenters. The Morgan fingerprint density at radius 3 is 2.52 bits per heavy atom. The Kier molecular flexibility index (Phi) is 8.21. The Balaban J connectivity index is 1.82. The van der Waals surface area contributed by atoms with Crippen LogP contribution in [0.15, 0.2) is 45.8 Å². The highest BCUT2D eigenvalue weighted by Crippen LogP contribution is 2.39. The number of imide groups is 1. The van der Waals surface area contributed by atoms with Crippen LogP contribution >= 0.6 is 27.7 Å². The highest BCUT2D eigenvalue weighted by molar-refractivity contribution is 9.10. The van der Waals surface area contributed by atoms with Crippen molar-refractivity contribution in [2.24, 2.45) is 0 Å². The van der Waals surface area contributed by atoms with Crippen molar-refractivity contribution < 1.29 is 19.1 Å². The first-order valence-corrected chi connectivity index (χ1v) is 11.9. The number of amides is 2. The molecule has 0 aliphatic carbocycles. The van der Waals surface area contributed by atoms with E-state index in [4.69, 9.17) is 9.47 Å². The number of carbonyl (C=O) groups excluding carboxylic acids is 2. The van der Waals surface area contributed by atoms with Crippen LogP contribution in [0.3, 0.4) is 0 Å². The lowest BCUT2D eigenvalue weighted by atomic mass is 10.1. The summed E-state index contributed by atoms with van der Waals surface area (Å²) in [6.07, 6.45) is 3.46. The van der Waals surface area contributed by atoms with Crippen LogP contribution < -0.4 is 9.47 Å². The van der Waals surface area contributed by atoms with E-state index in [-0.39, 0.29) is 11.1 Å². The lowest BCUT2D eigenvalue weighted by Gasteiger charge is -2.15. The Labute approximate surface area is 195 Å². The molecule has 5 nitrogen and oxygen atoms in total. The molecule has 7 heteroatoms. The van der Waals surface area contributed by atoms with Crippen molar-refractivity contribution in [3.8, 4) is 11.5 Å². The molecule has 2 amide bonds. The Bertz CT molecular complexity index is 988. The summed E-state index contributed by atoms with van der Waals surface area (Å²) in [5.41, 5.74) is 3.02. The molecule has 164 valence electrons. The quantitative estimate of drug-likeness (QED) is 0.362. The van der Waals surface area contributed by atoms with Crippen molar-refractivity contribution in [1.29, 1.82) is 0 Å². The zero-order valence-electron chi connectivity index (χ0n) is 17.9. The van der Waals surface area contributed by atoms with Gasteiger partial charge in [-0.1, -0.05) is 43.2 Å². The number of unbranched alkanes of at least 4 members (excludes halogenated alkanes) is 1. The smallest absolute Gasteiger partial charge is 0.293 e. The van der Waals surface area contributed by atoms with Gasteiger partial charge in [-0.15, -0.1) is 0 Å². The molecule has 1 aliphatic rings. The molecule has 0 unspecified atom stereocenters. The molecule has 0 bridgehead atoms. The minimum atomic E-state index is -0.239. The highest BCUT2D eigenvalue weighted by Gasteiger charge is 2.34. The number of aryl methyl sites for hydroxylation is 1. The molecule has 0 saturated carbocycles. The molecule has 2 aromatic rings. The molecule has 1 heterocycles. The molecule has 0 radical (unpaired) electrons. The maximum Gasteiger partial charge on any atom is 0.293 e. The predicted molar refractivity (Wildman–Crippen MR) is 128 cm³/mol. The highest BCUT2D eigenvalue weighted by atomic mass is 79.9. The number of rotatable bonds is 9. The number of hydrogen-bond acceptors (Lipinski definition) is 5. The summed E-state index contributed by atoms with van der Waals surface area (Å²) in [6.45, 7) is 7.33. The lowest BCUT2D eigenvalue weighted by Crippen LogP contribution is -2.29. The second kappa shape index (κ2) is 10.9. The third-order valence-corrected chi connectivity index (χ3v) is 6.24. The molecule has 0 N–H and O–H groups in total. The van der Waals surface area contributed by atoms with E-state index in [0.29, 0.717) is 36.2 Å². The molecule has 1 saturated heterocycles. The fraction of sp³-hybridized carbons (Fsp3) is 0.333. The van der Waals surface area contributed by atoms with Crippen LogP contribution in [0.5, 0.6) is 11.5 Å². The van der Waals surface area contributed by atoms with Crippen molar-refractivity contribution in [3.05, 3.63) is 62.5 Å². The van der Waals surface area contributed by atoms with Gasteiger partial charge in [-0.3, -0.25) is 14.5 Å². The van der Waals surface area contributed by atoms with E-state index in [2.05, 4.69) is 15.9 Å². The van der Waals surface area contributed by atoms with Crippen LogP contribution in [0.25, 0.3) is 6.08 Å². The van der Waals surface area contributed by atoms with Gasteiger partial charge in [0.15, 0.2) is 11.5 Å². The zero-order valence-corrected chi connectivity index (χ0v) is 20.3. The van der Waals surface area contributed by atoms with E-state index in [0.717, 1.165) is 40.2 Å². The van der Waals surface area contributed by atoms with E-state index in [1.807, 2.05) is 57.2 Å². The van der Waals surface area contributed by atoms with Gasteiger partial charge in [0.2, 0.25) is 0 Å². The number of benzene rings is 2. The van der Waals surface area contributed by atoms with Gasteiger partial charge < -0.3 is 9.47 Å². The second-order valence-electron chi connectivity index (χ2n) is 7.22. The van der Waals surface area contributed by atoms with Gasteiger partial charge in [-0.05, 0) is 77.3 Å². The van der Waals surface area contributed by atoms with Gasteiger partial charge >= 0.3 is 0 Å². The third kappa shape index (κ3) is 5.92. The van der Waals surface area contributed by atoms with Crippen LogP contribution in [0.2, 0.25) is 0 Å². The molecule has 1 aliphatic heterocycles. The van der Waals surface area contributed by atoms with Gasteiger partial charge in [-0.25, -0.2) is 0 Å². The first-order chi connectivity index (χ1) is 14.9. The van der Waals surface area contributed by atoms with E-state index in [1.54, 1.807) is 6.08 Å². The van der Waals surface area contributed by atoms with Gasteiger partial charge in [0.25, 0.3) is 11.1 Å². The van der Waals surface area contributed by atoms with E-state index < -0.39 is 0 Å². The Morgan fingerprint density at radius 1 is 1.10 bits per heavy atom. The second-order valence-corrected chi connectivity index (χ2v) is 9.07. The number of carbonyl (C=O) groups is 2. The molecule has 1 fully saturated rings. The molecule has 0 spiro atoms. The Hall–Kier alpha value is -2.25. The maximum absolute atomic E-state index is 12.6. The van der Waals surface area contributed by atoms with Crippen molar-refractivity contribution in [3.63, 3.8) is 0 Å². The summed E-state index contributed by atoms with van der Waals surface area (Å²) >= 11 is 4.55. The minimum absolute atomic E-state index is 0.216. The van der Waals surface area contributed by atoms with Crippen molar-refractivity contribution in [2.45, 2.75) is 40.2 Å². The van der Waals surface area contributed by atoms with Crippen LogP contribution in [0.1, 0.15) is 43.4 Å². The number of nitrogens with zero attached hydrogens (tertiary/aromatic N) is 1. The van der Waals surface area contributed by atoms with Crippen LogP contribution in [0, 0.1) is 6.92 Å². The largest absolute Gasteiger partial charge is 0.490 e. The summed E-state index contributed by atoms with van der Waals surface area (Å²) in [6, 6.07) is 11.9. The van der Waals surface area contributed by atoms with Crippen molar-refractivity contribution in [2.75, 3.05) is 13.2 Å². The predicted octanol–water partition coefficient (Wildman–Crippen LogP) is 6.57. The maximum atomic E-state index is 12.6. The van der Waals surface area contributed by atoms with Gasteiger partial charge in [0, 0.05) is 6.54 Å². The molecule has 31 heavy (non-hydrogen) atoms. The first kappa shape index (κ1) is 23.4. The average Bonchev–Trinajstić information content (AvgIpc) is 3.00. The normalized spacial score (nSPS) is 15.1. The molecule has 2 aromatic carbocycles. The summed E-state index contributed by atoms with van der Waals surface area (Å²) in [5.74, 6) is 0.952. The standard InChI is InChI=1S/C24H26BrNO4S/c1-4-6-11-26-23(27)21(31-24(26)28)14-18-12-19(25)22(20(13-18)29-5-2)30-15-17-9-7-16(3)8-10-17/h7-10,12-14H,4-6,11,15H2,1-3H3/b21-14-. The topological polar surface area (TPSA) is 55.8 Å². The summed E-state index contributed by atoms with van der Waals surface area (Å²) in [4.78, 5) is 26.6. The van der Waals surface area contributed by atoms with Crippen molar-refractivity contribution >= 4 is 44.9 Å². The van der Waals surface area contributed by atoms with Gasteiger partial charge in [0.1, 0.15) is 6.61 Å². The fourth-order valence-corrected chi connectivity index (χ4v) is 4.51. The van der Waals surface area contributed by atoms with Gasteiger partial charge in [0.05, 0.1) is 16.0 Å². The number of halogens is 1. The zero-order chi connectivity index (χ0) is 22.4. The van der Waals surface area contributed by atoms with Crippen LogP contribution in [0.4, 0.5) is 4.79 Å². The SMILES string of the molecule is CCCCN1C(=O)S/C(=C\c2cc(Br)c(OCc3ccc(C)cc3)c(OCC)c2)C1=O. The number of ether oxygens (including phenoxy) is 2. The minimum Gasteiger partial charge on any atom is -0.490 e.